The molecule has 0 aliphatic heterocycles. The minimum Gasteiger partial charge on any atom is -0.309 e. The first kappa shape index (κ1) is 13.1. The highest BCUT2D eigenvalue weighted by Crippen LogP contribution is 2.35. The van der Waals surface area contributed by atoms with E-state index in [-0.39, 0.29) is 0 Å². The van der Waals surface area contributed by atoms with Gasteiger partial charge in [-0.25, -0.2) is 0 Å². The predicted molar refractivity (Wildman–Crippen MR) is 77.0 cm³/mol. The summed E-state index contributed by atoms with van der Waals surface area (Å²) in [4.78, 5) is 0. The topological polar surface area (TPSA) is 12.0 Å². The lowest BCUT2D eigenvalue weighted by Gasteiger charge is -2.39. The third-order valence-electron chi connectivity index (χ3n) is 4.00. The molecule has 0 radical (unpaired) electrons. The number of rotatable bonds is 3. The molecule has 1 aromatic carbocycles. The number of benzene rings is 1. The first-order chi connectivity index (χ1) is 8.09. The molecule has 0 saturated heterocycles. The molecule has 1 aliphatic rings. The zero-order valence-electron chi connectivity index (χ0n) is 10.8. The summed E-state index contributed by atoms with van der Waals surface area (Å²) in [6.07, 6.45) is 5.43. The number of nitrogens with one attached hydrogen (secondary N) is 1. The molecule has 1 aliphatic carbocycles. The van der Waals surface area contributed by atoms with E-state index in [0.717, 1.165) is 6.54 Å². The van der Waals surface area contributed by atoms with E-state index in [1.807, 2.05) is 0 Å². The maximum atomic E-state index is 3.74. The molecule has 1 nitrogen and oxygen atoms in total. The van der Waals surface area contributed by atoms with E-state index in [2.05, 4.69) is 59.4 Å². The third kappa shape index (κ3) is 3.32. The molecule has 0 bridgehead atoms. The van der Waals surface area contributed by atoms with Gasteiger partial charge in [0.2, 0.25) is 0 Å². The fraction of sp³-hybridized carbons (Fsp3) is 0.600. The number of hydrogen-bond donors (Lipinski definition) is 1. The Morgan fingerprint density at radius 1 is 1.29 bits per heavy atom. The van der Waals surface area contributed by atoms with Crippen LogP contribution in [0.1, 0.15) is 45.1 Å². The molecular weight excluding hydrogens is 274 g/mol. The van der Waals surface area contributed by atoms with Crippen LogP contribution in [0.2, 0.25) is 0 Å². The van der Waals surface area contributed by atoms with Gasteiger partial charge in [-0.3, -0.25) is 0 Å². The van der Waals surface area contributed by atoms with Crippen molar-refractivity contribution >= 4 is 15.9 Å². The van der Waals surface area contributed by atoms with Crippen LogP contribution in [0.15, 0.2) is 28.7 Å². The van der Waals surface area contributed by atoms with Gasteiger partial charge in [0.15, 0.2) is 0 Å². The largest absolute Gasteiger partial charge is 0.309 e. The average Bonchev–Trinajstić information content (AvgIpc) is 2.29. The summed E-state index contributed by atoms with van der Waals surface area (Å²) in [6, 6.07) is 9.13. The van der Waals surface area contributed by atoms with Gasteiger partial charge in [-0.05, 0) is 29.9 Å². The van der Waals surface area contributed by atoms with Crippen LogP contribution < -0.4 is 5.32 Å². The molecule has 2 heteroatoms. The molecule has 17 heavy (non-hydrogen) atoms. The van der Waals surface area contributed by atoms with Crippen LogP contribution >= 0.6 is 15.9 Å². The summed E-state index contributed by atoms with van der Waals surface area (Å²) in [5, 5.41) is 3.74. The fourth-order valence-electron chi connectivity index (χ4n) is 2.75. The molecule has 1 aromatic rings. The standard InChI is InChI=1S/C15H22BrN/c1-15(2)10-6-5-9-14(15)17-11-12-7-3-4-8-13(12)16/h3-4,7-8,14,17H,5-6,9-11H2,1-2H3. The summed E-state index contributed by atoms with van der Waals surface area (Å²) in [5.41, 5.74) is 1.80. The van der Waals surface area contributed by atoms with Gasteiger partial charge in [-0.2, -0.15) is 0 Å². The van der Waals surface area contributed by atoms with Gasteiger partial charge in [-0.15, -0.1) is 0 Å². The lowest BCUT2D eigenvalue weighted by Crippen LogP contribution is -2.43. The minimum atomic E-state index is 0.444. The van der Waals surface area contributed by atoms with Gasteiger partial charge in [-0.1, -0.05) is 60.8 Å². The van der Waals surface area contributed by atoms with Gasteiger partial charge >= 0.3 is 0 Å². The second kappa shape index (κ2) is 5.53. The molecule has 0 amide bonds. The van der Waals surface area contributed by atoms with Crippen LogP contribution in [-0.4, -0.2) is 6.04 Å². The summed E-state index contributed by atoms with van der Waals surface area (Å²) in [5.74, 6) is 0. The Labute approximate surface area is 113 Å². The zero-order valence-corrected chi connectivity index (χ0v) is 12.4. The molecule has 1 N–H and O–H groups in total. The number of halogens is 1. The summed E-state index contributed by atoms with van der Waals surface area (Å²) in [7, 11) is 0. The molecule has 2 rings (SSSR count). The predicted octanol–water partition coefficient (Wildman–Crippen LogP) is 4.51. The Morgan fingerprint density at radius 2 is 2.06 bits per heavy atom. The van der Waals surface area contributed by atoms with E-state index in [4.69, 9.17) is 0 Å². The second-order valence-corrected chi connectivity index (χ2v) is 6.61. The van der Waals surface area contributed by atoms with Crippen molar-refractivity contribution in [3.05, 3.63) is 34.3 Å². The van der Waals surface area contributed by atoms with Crippen LogP contribution in [0.4, 0.5) is 0 Å². The monoisotopic (exact) mass is 295 g/mol. The first-order valence-corrected chi connectivity index (χ1v) is 7.36. The van der Waals surface area contributed by atoms with Crippen LogP contribution in [0, 0.1) is 5.41 Å². The lowest BCUT2D eigenvalue weighted by molar-refractivity contribution is 0.166. The zero-order chi connectivity index (χ0) is 12.3. The molecule has 0 heterocycles. The van der Waals surface area contributed by atoms with Gasteiger partial charge in [0, 0.05) is 17.1 Å². The summed E-state index contributed by atoms with van der Waals surface area (Å²) < 4.78 is 1.21. The van der Waals surface area contributed by atoms with Crippen molar-refractivity contribution in [3.8, 4) is 0 Å². The molecule has 1 unspecified atom stereocenters. The molecular formula is C15H22BrN. The SMILES string of the molecule is CC1(C)CCCCC1NCc1ccccc1Br. The van der Waals surface area contributed by atoms with E-state index in [9.17, 15) is 0 Å². The van der Waals surface area contributed by atoms with Crippen LogP contribution in [-0.2, 0) is 6.54 Å². The maximum absolute atomic E-state index is 3.74. The van der Waals surface area contributed by atoms with Crippen molar-refractivity contribution < 1.29 is 0 Å². The molecule has 1 fully saturated rings. The smallest absolute Gasteiger partial charge is 0.0220 e. The van der Waals surface area contributed by atoms with E-state index in [1.165, 1.54) is 35.7 Å². The van der Waals surface area contributed by atoms with E-state index >= 15 is 0 Å². The van der Waals surface area contributed by atoms with Crippen molar-refractivity contribution in [2.24, 2.45) is 5.41 Å². The number of hydrogen-bond acceptors (Lipinski definition) is 1. The van der Waals surface area contributed by atoms with E-state index < -0.39 is 0 Å². The minimum absolute atomic E-state index is 0.444. The van der Waals surface area contributed by atoms with Crippen molar-refractivity contribution in [1.29, 1.82) is 0 Å². The van der Waals surface area contributed by atoms with Crippen LogP contribution in [0.5, 0.6) is 0 Å². The second-order valence-electron chi connectivity index (χ2n) is 5.76. The Morgan fingerprint density at radius 3 is 2.76 bits per heavy atom. The van der Waals surface area contributed by atoms with E-state index in [1.54, 1.807) is 0 Å². The van der Waals surface area contributed by atoms with Crippen molar-refractivity contribution in [2.75, 3.05) is 0 Å². The quantitative estimate of drug-likeness (QED) is 0.865. The van der Waals surface area contributed by atoms with Gasteiger partial charge in [0.1, 0.15) is 0 Å². The Hall–Kier alpha value is -0.340. The molecule has 0 aromatic heterocycles. The Balaban J connectivity index is 1.96. The summed E-state index contributed by atoms with van der Waals surface area (Å²) >= 11 is 3.61. The average molecular weight is 296 g/mol. The van der Waals surface area contributed by atoms with Crippen LogP contribution in [0.3, 0.4) is 0 Å². The van der Waals surface area contributed by atoms with Gasteiger partial charge < -0.3 is 5.32 Å². The van der Waals surface area contributed by atoms with Crippen molar-refractivity contribution in [3.63, 3.8) is 0 Å². The van der Waals surface area contributed by atoms with Crippen molar-refractivity contribution in [1.82, 2.24) is 5.32 Å². The fourth-order valence-corrected chi connectivity index (χ4v) is 3.17. The van der Waals surface area contributed by atoms with Crippen molar-refractivity contribution in [2.45, 2.75) is 52.1 Å². The highest BCUT2D eigenvalue weighted by Gasteiger charge is 2.31. The molecule has 0 spiro atoms. The van der Waals surface area contributed by atoms with E-state index in [0.29, 0.717) is 11.5 Å². The molecule has 94 valence electrons. The van der Waals surface area contributed by atoms with Gasteiger partial charge in [0.25, 0.3) is 0 Å². The maximum Gasteiger partial charge on any atom is 0.0220 e. The highest BCUT2D eigenvalue weighted by molar-refractivity contribution is 9.10. The van der Waals surface area contributed by atoms with Gasteiger partial charge in [0.05, 0.1) is 0 Å². The Kier molecular flexibility index (Phi) is 4.26. The lowest BCUT2D eigenvalue weighted by atomic mass is 9.73. The molecule has 1 saturated carbocycles. The summed E-state index contributed by atoms with van der Waals surface area (Å²) in [6.45, 7) is 5.75. The Bertz CT molecular complexity index is 373. The van der Waals surface area contributed by atoms with Crippen LogP contribution in [0.25, 0.3) is 0 Å². The highest BCUT2D eigenvalue weighted by atomic mass is 79.9. The first-order valence-electron chi connectivity index (χ1n) is 6.56. The normalized spacial score (nSPS) is 23.6. The molecule has 1 atom stereocenters. The third-order valence-corrected chi connectivity index (χ3v) is 4.78.